The van der Waals surface area contributed by atoms with Crippen molar-refractivity contribution in [3.05, 3.63) is 59.2 Å². The van der Waals surface area contributed by atoms with Crippen molar-refractivity contribution in [2.45, 2.75) is 30.6 Å². The highest BCUT2D eigenvalue weighted by atomic mass is 32.2. The van der Waals surface area contributed by atoms with Gasteiger partial charge >= 0.3 is 5.97 Å². The van der Waals surface area contributed by atoms with Crippen LogP contribution in [0.15, 0.2) is 47.4 Å². The predicted octanol–water partition coefficient (Wildman–Crippen LogP) is 2.62. The van der Waals surface area contributed by atoms with Gasteiger partial charge in [-0.1, -0.05) is 23.8 Å². The lowest BCUT2D eigenvalue weighted by Gasteiger charge is -2.35. The molecule has 4 rings (SSSR count). The summed E-state index contributed by atoms with van der Waals surface area (Å²) in [5.74, 6) is -1.50. The van der Waals surface area contributed by atoms with Crippen LogP contribution in [-0.2, 0) is 21.2 Å². The van der Waals surface area contributed by atoms with Crippen LogP contribution in [0, 0.1) is 6.92 Å². The van der Waals surface area contributed by atoms with Gasteiger partial charge in [0.25, 0.3) is 0 Å². The number of aryl methyl sites for hydroxylation is 2. The van der Waals surface area contributed by atoms with E-state index in [4.69, 9.17) is 0 Å². The van der Waals surface area contributed by atoms with Gasteiger partial charge in [0.05, 0.1) is 10.8 Å². The van der Waals surface area contributed by atoms with Crippen molar-refractivity contribution < 1.29 is 18.3 Å². The van der Waals surface area contributed by atoms with Crippen molar-refractivity contribution >= 4 is 21.7 Å². The number of hydrogen-bond acceptors (Lipinski definition) is 4. The average molecular weight is 401 g/mol. The lowest BCUT2D eigenvalue weighted by Crippen LogP contribution is -2.48. The van der Waals surface area contributed by atoms with E-state index in [-0.39, 0.29) is 4.90 Å². The minimum absolute atomic E-state index is 0.197. The molecule has 2 aromatic carbocycles. The Balaban J connectivity index is 1.51. The van der Waals surface area contributed by atoms with Crippen LogP contribution in [0.4, 0.5) is 5.69 Å². The van der Waals surface area contributed by atoms with Crippen LogP contribution in [0.1, 0.15) is 29.0 Å². The maximum atomic E-state index is 13.1. The van der Waals surface area contributed by atoms with E-state index >= 15 is 0 Å². The maximum absolute atomic E-state index is 13.1. The van der Waals surface area contributed by atoms with Gasteiger partial charge in [0.1, 0.15) is 0 Å². The molecular weight excluding hydrogens is 376 g/mol. The Kier molecular flexibility index (Phi) is 4.89. The summed E-state index contributed by atoms with van der Waals surface area (Å²) in [5.41, 5.74) is 3.88. The second kappa shape index (κ2) is 7.22. The number of carbonyl (C=O) groups is 1. The number of sulfonamides is 1. The fourth-order valence-electron chi connectivity index (χ4n) is 4.09. The van der Waals surface area contributed by atoms with Gasteiger partial charge in [-0.3, -0.25) is 4.79 Å². The van der Waals surface area contributed by atoms with Crippen molar-refractivity contribution in [1.82, 2.24) is 4.31 Å². The topological polar surface area (TPSA) is 77.9 Å². The zero-order chi connectivity index (χ0) is 19.9. The van der Waals surface area contributed by atoms with E-state index in [1.807, 2.05) is 6.92 Å². The van der Waals surface area contributed by atoms with Gasteiger partial charge < -0.3 is 10.0 Å². The van der Waals surface area contributed by atoms with Crippen LogP contribution in [-0.4, -0.2) is 50.0 Å². The summed E-state index contributed by atoms with van der Waals surface area (Å²) >= 11 is 0. The monoisotopic (exact) mass is 400 g/mol. The van der Waals surface area contributed by atoms with Crippen molar-refractivity contribution in [1.29, 1.82) is 0 Å². The Morgan fingerprint density at radius 3 is 2.36 bits per heavy atom. The molecule has 0 spiro atoms. The number of fused-ring (bicyclic) bond motifs is 1. The normalized spacial score (nSPS) is 20.2. The Morgan fingerprint density at radius 2 is 1.71 bits per heavy atom. The summed E-state index contributed by atoms with van der Waals surface area (Å²) in [6.07, 6.45) is 1.21. The van der Waals surface area contributed by atoms with Crippen molar-refractivity contribution in [2.75, 3.05) is 31.1 Å². The molecule has 1 fully saturated rings. The van der Waals surface area contributed by atoms with Gasteiger partial charge in [-0.2, -0.15) is 4.31 Å². The largest absolute Gasteiger partial charge is 0.481 e. The number of hydrogen-bond donors (Lipinski definition) is 1. The van der Waals surface area contributed by atoms with Crippen LogP contribution in [0.3, 0.4) is 0 Å². The van der Waals surface area contributed by atoms with Crippen LogP contribution in [0.25, 0.3) is 0 Å². The molecule has 1 aliphatic carbocycles. The van der Waals surface area contributed by atoms with E-state index in [1.54, 1.807) is 18.2 Å². The highest BCUT2D eigenvalue weighted by Gasteiger charge is 2.33. The first-order valence-electron chi connectivity index (χ1n) is 9.53. The molecule has 1 saturated heterocycles. The molecule has 6 nitrogen and oxygen atoms in total. The van der Waals surface area contributed by atoms with Gasteiger partial charge in [-0.15, -0.1) is 0 Å². The SMILES string of the molecule is Cc1ccc(N2CCN(S(=O)(=O)c3ccc4c(c3)C(C(=O)O)CC4)CC2)cc1. The molecule has 28 heavy (non-hydrogen) atoms. The van der Waals surface area contributed by atoms with E-state index in [0.29, 0.717) is 44.6 Å². The molecule has 1 heterocycles. The summed E-state index contributed by atoms with van der Waals surface area (Å²) < 4.78 is 27.7. The minimum atomic E-state index is -3.63. The Morgan fingerprint density at radius 1 is 1.04 bits per heavy atom. The zero-order valence-electron chi connectivity index (χ0n) is 15.8. The number of anilines is 1. The molecule has 148 valence electrons. The van der Waals surface area contributed by atoms with Crippen LogP contribution >= 0.6 is 0 Å². The number of aliphatic carboxylic acids is 1. The van der Waals surface area contributed by atoms with Gasteiger partial charge in [0.2, 0.25) is 10.0 Å². The summed E-state index contributed by atoms with van der Waals surface area (Å²) in [5, 5.41) is 9.39. The van der Waals surface area contributed by atoms with Crippen molar-refractivity contribution in [3.8, 4) is 0 Å². The molecule has 2 aromatic rings. The Bertz CT molecular complexity index is 994. The number of rotatable bonds is 4. The molecule has 1 unspecified atom stereocenters. The molecule has 0 aromatic heterocycles. The maximum Gasteiger partial charge on any atom is 0.310 e. The molecule has 1 atom stereocenters. The quantitative estimate of drug-likeness (QED) is 0.854. The fraction of sp³-hybridized carbons (Fsp3) is 0.381. The molecular formula is C21H24N2O4S. The molecule has 2 aliphatic rings. The fourth-order valence-corrected chi connectivity index (χ4v) is 5.55. The molecule has 0 saturated carbocycles. The second-order valence-corrected chi connectivity index (χ2v) is 9.45. The number of piperazine rings is 1. The molecule has 0 radical (unpaired) electrons. The standard InChI is InChI=1S/C21H24N2O4S/c1-15-2-6-17(7-3-15)22-10-12-23(13-11-22)28(26,27)18-8-4-16-5-9-19(21(24)25)20(16)14-18/h2-4,6-8,14,19H,5,9-13H2,1H3,(H,24,25). The minimum Gasteiger partial charge on any atom is -0.481 e. The first-order valence-corrected chi connectivity index (χ1v) is 11.0. The third-order valence-corrected chi connectivity index (χ3v) is 7.66. The Hall–Kier alpha value is -2.38. The Labute approximate surface area is 165 Å². The molecule has 7 heteroatoms. The first-order chi connectivity index (χ1) is 13.4. The van der Waals surface area contributed by atoms with Crippen molar-refractivity contribution in [3.63, 3.8) is 0 Å². The smallest absolute Gasteiger partial charge is 0.310 e. The summed E-state index contributed by atoms with van der Waals surface area (Å²) in [7, 11) is -3.63. The predicted molar refractivity (Wildman–Crippen MR) is 107 cm³/mol. The molecule has 1 N–H and O–H groups in total. The van der Waals surface area contributed by atoms with Crippen molar-refractivity contribution in [2.24, 2.45) is 0 Å². The molecule has 0 amide bonds. The summed E-state index contributed by atoms with van der Waals surface area (Å²) in [6.45, 7) is 4.13. The third-order valence-electron chi connectivity index (χ3n) is 5.77. The summed E-state index contributed by atoms with van der Waals surface area (Å²) in [4.78, 5) is 13.8. The molecule has 1 aliphatic heterocycles. The number of carboxylic acid groups (broad SMARTS) is 1. The van der Waals surface area contributed by atoms with E-state index < -0.39 is 21.9 Å². The van der Waals surface area contributed by atoms with E-state index in [9.17, 15) is 18.3 Å². The van der Waals surface area contributed by atoms with Crippen LogP contribution < -0.4 is 4.90 Å². The van der Waals surface area contributed by atoms with Crippen LogP contribution in [0.5, 0.6) is 0 Å². The van der Waals surface area contributed by atoms with Gasteiger partial charge in [-0.25, -0.2) is 8.42 Å². The average Bonchev–Trinajstić information content (AvgIpc) is 3.12. The highest BCUT2D eigenvalue weighted by molar-refractivity contribution is 7.89. The lowest BCUT2D eigenvalue weighted by molar-refractivity contribution is -0.138. The first kappa shape index (κ1) is 19.0. The zero-order valence-corrected chi connectivity index (χ0v) is 16.7. The second-order valence-electron chi connectivity index (χ2n) is 7.52. The summed E-state index contributed by atoms with van der Waals surface area (Å²) in [6, 6.07) is 13.2. The lowest BCUT2D eigenvalue weighted by atomic mass is 10.0. The number of benzene rings is 2. The van der Waals surface area contributed by atoms with Gasteiger partial charge in [0.15, 0.2) is 0 Å². The third kappa shape index (κ3) is 3.40. The van der Waals surface area contributed by atoms with E-state index in [2.05, 4.69) is 29.2 Å². The highest BCUT2D eigenvalue weighted by Crippen LogP contribution is 2.35. The van der Waals surface area contributed by atoms with E-state index in [0.717, 1.165) is 11.3 Å². The van der Waals surface area contributed by atoms with Gasteiger partial charge in [-0.05, 0) is 55.2 Å². The van der Waals surface area contributed by atoms with Gasteiger partial charge in [0, 0.05) is 31.9 Å². The van der Waals surface area contributed by atoms with Crippen LogP contribution in [0.2, 0.25) is 0 Å². The molecule has 0 bridgehead atoms. The number of nitrogens with zero attached hydrogens (tertiary/aromatic N) is 2. The number of carboxylic acids is 1. The van der Waals surface area contributed by atoms with E-state index in [1.165, 1.54) is 9.87 Å².